The van der Waals surface area contributed by atoms with Crippen LogP contribution in [-0.4, -0.2) is 31.4 Å². The monoisotopic (exact) mass is 383 g/mol. The molecule has 4 rings (SSSR count). The molecule has 1 N–H and O–H groups in total. The molecule has 0 radical (unpaired) electrons. The van der Waals surface area contributed by atoms with Gasteiger partial charge in [0.15, 0.2) is 0 Å². The highest BCUT2D eigenvalue weighted by Crippen LogP contribution is 2.33. The third-order valence-electron chi connectivity index (χ3n) is 5.25. The summed E-state index contributed by atoms with van der Waals surface area (Å²) in [6.45, 7) is 2.37. The molecule has 0 aliphatic carbocycles. The van der Waals surface area contributed by atoms with Crippen molar-refractivity contribution < 1.29 is 9.59 Å². The maximum absolute atomic E-state index is 12.8. The van der Waals surface area contributed by atoms with Gasteiger partial charge >= 0.3 is 0 Å². The summed E-state index contributed by atoms with van der Waals surface area (Å²) >= 11 is 6.22. The van der Waals surface area contributed by atoms with Gasteiger partial charge in [-0.2, -0.15) is 0 Å². The Balaban J connectivity index is 1.49. The highest BCUT2D eigenvalue weighted by molar-refractivity contribution is 6.33. The smallest absolute Gasteiger partial charge is 0.229 e. The van der Waals surface area contributed by atoms with Crippen LogP contribution in [-0.2, 0) is 9.59 Å². The summed E-state index contributed by atoms with van der Waals surface area (Å²) in [5, 5.41) is 3.56. The fourth-order valence-electron chi connectivity index (χ4n) is 3.83. The van der Waals surface area contributed by atoms with Crippen molar-refractivity contribution >= 4 is 40.5 Å². The molecule has 2 aliphatic rings. The number of rotatable bonds is 4. The largest absolute Gasteiger partial charge is 0.370 e. The van der Waals surface area contributed by atoms with Gasteiger partial charge in [-0.1, -0.05) is 35.9 Å². The first kappa shape index (κ1) is 17.9. The number of amides is 2. The van der Waals surface area contributed by atoms with E-state index in [1.807, 2.05) is 42.5 Å². The Bertz CT molecular complexity index is 864. The lowest BCUT2D eigenvalue weighted by atomic mass is 10.1. The van der Waals surface area contributed by atoms with Crippen LogP contribution in [0, 0.1) is 5.92 Å². The first-order valence-corrected chi connectivity index (χ1v) is 9.71. The maximum Gasteiger partial charge on any atom is 0.229 e. The molecule has 1 atom stereocenters. The first-order valence-electron chi connectivity index (χ1n) is 9.33. The van der Waals surface area contributed by atoms with Crippen molar-refractivity contribution in [3.05, 3.63) is 53.6 Å². The Morgan fingerprint density at radius 1 is 1.00 bits per heavy atom. The van der Waals surface area contributed by atoms with E-state index in [0.29, 0.717) is 17.3 Å². The molecule has 0 unspecified atom stereocenters. The van der Waals surface area contributed by atoms with Gasteiger partial charge in [-0.15, -0.1) is 0 Å². The lowest BCUT2D eigenvalue weighted by Crippen LogP contribution is -2.29. The second kappa shape index (κ2) is 7.61. The van der Waals surface area contributed by atoms with Crippen molar-refractivity contribution in [1.29, 1.82) is 0 Å². The number of carbonyl (C=O) groups is 2. The molecule has 2 heterocycles. The van der Waals surface area contributed by atoms with E-state index in [1.165, 1.54) is 12.8 Å². The minimum atomic E-state index is -0.389. The van der Waals surface area contributed by atoms with Crippen molar-refractivity contribution in [3.8, 4) is 0 Å². The molecule has 2 aromatic rings. The maximum atomic E-state index is 12.8. The lowest BCUT2D eigenvalue weighted by Gasteiger charge is -2.22. The van der Waals surface area contributed by atoms with Gasteiger partial charge in [0.05, 0.1) is 28.0 Å². The molecule has 27 heavy (non-hydrogen) atoms. The number of anilines is 3. The Kier molecular flexibility index (Phi) is 5.03. The van der Waals surface area contributed by atoms with Gasteiger partial charge in [0.2, 0.25) is 11.8 Å². The van der Waals surface area contributed by atoms with E-state index in [4.69, 9.17) is 11.6 Å². The zero-order valence-electron chi connectivity index (χ0n) is 15.0. The van der Waals surface area contributed by atoms with Crippen molar-refractivity contribution in [2.45, 2.75) is 19.3 Å². The van der Waals surface area contributed by atoms with E-state index >= 15 is 0 Å². The molecule has 0 aromatic heterocycles. The number of halogens is 1. The van der Waals surface area contributed by atoms with Crippen LogP contribution in [0.25, 0.3) is 0 Å². The zero-order chi connectivity index (χ0) is 18.8. The Labute approximate surface area is 163 Å². The van der Waals surface area contributed by atoms with Crippen molar-refractivity contribution in [1.82, 2.24) is 0 Å². The number of nitrogens with one attached hydrogen (secondary N) is 1. The van der Waals surface area contributed by atoms with E-state index in [1.54, 1.807) is 11.0 Å². The van der Waals surface area contributed by atoms with Crippen molar-refractivity contribution in [2.24, 2.45) is 5.92 Å². The standard InChI is InChI=1S/C21H22ClN3O2/c22-16-7-1-3-9-18(16)25-14-15(13-20(25)26)21(27)23-17-8-2-4-10-19(17)24-11-5-6-12-24/h1-4,7-10,15H,5-6,11-14H2,(H,23,27)/t15-/m1/s1. The third-order valence-corrected chi connectivity index (χ3v) is 5.57. The summed E-state index contributed by atoms with van der Waals surface area (Å²) in [4.78, 5) is 29.2. The molecular weight excluding hydrogens is 362 g/mol. The summed E-state index contributed by atoms with van der Waals surface area (Å²) in [6.07, 6.45) is 2.54. The molecule has 2 aliphatic heterocycles. The number of hydrogen-bond acceptors (Lipinski definition) is 3. The molecule has 0 spiro atoms. The van der Waals surface area contributed by atoms with Crippen LogP contribution in [0.1, 0.15) is 19.3 Å². The minimum Gasteiger partial charge on any atom is -0.370 e. The molecule has 6 heteroatoms. The van der Waals surface area contributed by atoms with Gasteiger partial charge in [0.25, 0.3) is 0 Å². The number of hydrogen-bond donors (Lipinski definition) is 1. The molecule has 0 bridgehead atoms. The van der Waals surface area contributed by atoms with E-state index in [9.17, 15) is 9.59 Å². The summed E-state index contributed by atoms with van der Waals surface area (Å²) in [5.41, 5.74) is 2.53. The summed E-state index contributed by atoms with van der Waals surface area (Å²) in [6, 6.07) is 15.1. The summed E-state index contributed by atoms with van der Waals surface area (Å²) in [5.74, 6) is -0.582. The predicted molar refractivity (Wildman–Crippen MR) is 108 cm³/mol. The topological polar surface area (TPSA) is 52.7 Å². The Morgan fingerprint density at radius 3 is 2.41 bits per heavy atom. The lowest BCUT2D eigenvalue weighted by molar-refractivity contribution is -0.122. The van der Waals surface area contributed by atoms with Gasteiger partial charge < -0.3 is 15.1 Å². The van der Waals surface area contributed by atoms with Gasteiger partial charge in [0.1, 0.15) is 0 Å². The van der Waals surface area contributed by atoms with Gasteiger partial charge in [-0.25, -0.2) is 0 Å². The molecule has 0 saturated carbocycles. The predicted octanol–water partition coefficient (Wildman–Crippen LogP) is 3.93. The van der Waals surface area contributed by atoms with Crippen molar-refractivity contribution in [3.63, 3.8) is 0 Å². The molecule has 5 nitrogen and oxygen atoms in total. The SMILES string of the molecule is O=C(Nc1ccccc1N1CCCC1)[C@@H]1CC(=O)N(c2ccccc2Cl)C1. The van der Waals surface area contributed by atoms with Crippen LogP contribution in [0.15, 0.2) is 48.5 Å². The molecule has 2 amide bonds. The van der Waals surface area contributed by atoms with Crippen LogP contribution in [0.5, 0.6) is 0 Å². The van der Waals surface area contributed by atoms with Crippen LogP contribution >= 0.6 is 11.6 Å². The molecular formula is C21H22ClN3O2. The second-order valence-electron chi connectivity index (χ2n) is 7.06. The average Bonchev–Trinajstić information content (AvgIpc) is 3.33. The van der Waals surface area contributed by atoms with Crippen molar-refractivity contribution in [2.75, 3.05) is 34.8 Å². The van der Waals surface area contributed by atoms with Gasteiger partial charge in [-0.3, -0.25) is 9.59 Å². The van der Waals surface area contributed by atoms with Gasteiger partial charge in [0, 0.05) is 26.1 Å². The van der Waals surface area contributed by atoms with E-state index < -0.39 is 0 Å². The number of carbonyl (C=O) groups excluding carboxylic acids is 2. The second-order valence-corrected chi connectivity index (χ2v) is 7.46. The van der Waals surface area contributed by atoms with Gasteiger partial charge in [-0.05, 0) is 37.1 Å². The normalized spacial score (nSPS) is 19.6. The molecule has 2 aromatic carbocycles. The Hall–Kier alpha value is -2.53. The minimum absolute atomic E-state index is 0.0731. The van der Waals surface area contributed by atoms with E-state index in [2.05, 4.69) is 10.2 Å². The van der Waals surface area contributed by atoms with Crippen LogP contribution in [0.4, 0.5) is 17.1 Å². The summed E-state index contributed by atoms with van der Waals surface area (Å²) < 4.78 is 0. The Morgan fingerprint density at radius 2 is 1.67 bits per heavy atom. The van der Waals surface area contributed by atoms with Crippen LogP contribution < -0.4 is 15.1 Å². The van der Waals surface area contributed by atoms with Crippen LogP contribution in [0.2, 0.25) is 5.02 Å². The van der Waals surface area contributed by atoms with E-state index in [-0.39, 0.29) is 24.2 Å². The number of benzene rings is 2. The summed E-state index contributed by atoms with van der Waals surface area (Å²) in [7, 11) is 0. The highest BCUT2D eigenvalue weighted by Gasteiger charge is 2.36. The van der Waals surface area contributed by atoms with Crippen LogP contribution in [0.3, 0.4) is 0 Å². The molecule has 2 fully saturated rings. The van der Waals surface area contributed by atoms with E-state index in [0.717, 1.165) is 24.5 Å². The highest BCUT2D eigenvalue weighted by atomic mass is 35.5. The zero-order valence-corrected chi connectivity index (χ0v) is 15.8. The quantitative estimate of drug-likeness (QED) is 0.870. The third kappa shape index (κ3) is 3.65. The fraction of sp³-hybridized carbons (Fsp3) is 0.333. The first-order chi connectivity index (χ1) is 13.1. The average molecular weight is 384 g/mol. The fourth-order valence-corrected chi connectivity index (χ4v) is 4.07. The number of nitrogens with zero attached hydrogens (tertiary/aromatic N) is 2. The number of para-hydroxylation sites is 3. The molecule has 140 valence electrons. The molecule has 2 saturated heterocycles.